The Bertz CT molecular complexity index is 563. The normalized spacial score (nSPS) is 10.7. The summed E-state index contributed by atoms with van der Waals surface area (Å²) in [6, 6.07) is 1.89. The Morgan fingerprint density at radius 2 is 2.35 bits per heavy atom. The highest BCUT2D eigenvalue weighted by molar-refractivity contribution is 7.15. The van der Waals surface area contributed by atoms with Crippen LogP contribution in [0.5, 0.6) is 0 Å². The highest BCUT2D eigenvalue weighted by atomic mass is 32.1. The van der Waals surface area contributed by atoms with Gasteiger partial charge in [0.15, 0.2) is 5.13 Å². The summed E-state index contributed by atoms with van der Waals surface area (Å²) in [7, 11) is 1.82. The molecule has 2 N–H and O–H groups in total. The Morgan fingerprint density at radius 1 is 1.55 bits per heavy atom. The fraction of sp³-hybridized carbons (Fsp3) is 0.462. The molecule has 0 aliphatic rings. The Balaban J connectivity index is 1.78. The number of amides is 1. The van der Waals surface area contributed by atoms with Gasteiger partial charge in [-0.15, -0.1) is 11.3 Å². The molecule has 2 heterocycles. The lowest BCUT2D eigenvalue weighted by molar-refractivity contribution is -0.129. The van der Waals surface area contributed by atoms with Crippen LogP contribution in [0.4, 0.5) is 5.13 Å². The zero-order valence-electron chi connectivity index (χ0n) is 11.7. The van der Waals surface area contributed by atoms with Gasteiger partial charge in [0.05, 0.1) is 12.1 Å². The van der Waals surface area contributed by atoms with Gasteiger partial charge in [-0.25, -0.2) is 4.98 Å². The molecule has 0 radical (unpaired) electrons. The van der Waals surface area contributed by atoms with Crippen molar-refractivity contribution in [3.05, 3.63) is 29.0 Å². The van der Waals surface area contributed by atoms with E-state index in [1.54, 1.807) is 11.1 Å². The van der Waals surface area contributed by atoms with E-state index in [0.717, 1.165) is 23.5 Å². The number of nitrogen functional groups attached to an aromatic ring is 1. The van der Waals surface area contributed by atoms with Crippen LogP contribution in [0.15, 0.2) is 18.5 Å². The average molecular weight is 293 g/mol. The Labute approximate surface area is 122 Å². The lowest BCUT2D eigenvalue weighted by Gasteiger charge is -2.16. The minimum Gasteiger partial charge on any atom is -0.375 e. The summed E-state index contributed by atoms with van der Waals surface area (Å²) in [6.45, 7) is 3.41. The summed E-state index contributed by atoms with van der Waals surface area (Å²) in [6.07, 6.45) is 4.93. The van der Waals surface area contributed by atoms with Gasteiger partial charge in [0.1, 0.15) is 0 Å². The summed E-state index contributed by atoms with van der Waals surface area (Å²) in [5.41, 5.74) is 6.49. The largest absolute Gasteiger partial charge is 0.375 e. The molecule has 1 amide bonds. The maximum Gasteiger partial charge on any atom is 0.227 e. The molecule has 0 aromatic carbocycles. The van der Waals surface area contributed by atoms with Gasteiger partial charge in [-0.05, 0) is 19.4 Å². The van der Waals surface area contributed by atoms with Crippen molar-refractivity contribution in [3.8, 4) is 0 Å². The zero-order valence-corrected chi connectivity index (χ0v) is 12.6. The molecule has 2 aromatic heterocycles. The third-order valence-corrected chi connectivity index (χ3v) is 4.07. The molecule has 2 rings (SSSR count). The zero-order chi connectivity index (χ0) is 14.5. The van der Waals surface area contributed by atoms with E-state index in [-0.39, 0.29) is 5.91 Å². The van der Waals surface area contributed by atoms with Gasteiger partial charge in [0, 0.05) is 37.4 Å². The first-order valence-electron chi connectivity index (χ1n) is 6.49. The third-order valence-electron chi connectivity index (χ3n) is 3.09. The third kappa shape index (κ3) is 3.80. The maximum atomic E-state index is 12.1. The van der Waals surface area contributed by atoms with Gasteiger partial charge >= 0.3 is 0 Å². The predicted octanol–water partition coefficient (Wildman–Crippen LogP) is 1.32. The van der Waals surface area contributed by atoms with Crippen molar-refractivity contribution < 1.29 is 4.79 Å². The quantitative estimate of drug-likeness (QED) is 0.871. The van der Waals surface area contributed by atoms with Crippen LogP contribution in [0.2, 0.25) is 0 Å². The smallest absolute Gasteiger partial charge is 0.227 e. The van der Waals surface area contributed by atoms with E-state index in [0.29, 0.717) is 18.1 Å². The molecule has 0 saturated heterocycles. The molecule has 0 spiro atoms. The standard InChI is InChI=1S/C13H19N5OS/c1-10-11(20-13(14)16-10)9-12(19)17(2)6-4-8-18-7-3-5-15-18/h3,5,7H,4,6,8-9H2,1-2H3,(H2,14,16). The number of aryl methyl sites for hydroxylation is 2. The fourth-order valence-corrected chi connectivity index (χ4v) is 2.74. The highest BCUT2D eigenvalue weighted by Crippen LogP contribution is 2.20. The van der Waals surface area contributed by atoms with Crippen LogP contribution < -0.4 is 5.73 Å². The van der Waals surface area contributed by atoms with Crippen LogP contribution in [0.3, 0.4) is 0 Å². The molecule has 108 valence electrons. The summed E-state index contributed by atoms with van der Waals surface area (Å²) in [5, 5.41) is 4.65. The first kappa shape index (κ1) is 14.5. The summed E-state index contributed by atoms with van der Waals surface area (Å²) < 4.78 is 1.87. The van der Waals surface area contributed by atoms with Crippen molar-refractivity contribution in [2.75, 3.05) is 19.3 Å². The molecule has 0 atom stereocenters. The minimum absolute atomic E-state index is 0.0946. The van der Waals surface area contributed by atoms with Crippen molar-refractivity contribution in [2.24, 2.45) is 0 Å². The summed E-state index contributed by atoms with van der Waals surface area (Å²) >= 11 is 1.39. The van der Waals surface area contributed by atoms with Crippen LogP contribution in [-0.2, 0) is 17.8 Å². The van der Waals surface area contributed by atoms with Crippen molar-refractivity contribution >= 4 is 22.4 Å². The molecule has 2 aromatic rings. The second-order valence-corrected chi connectivity index (χ2v) is 5.79. The van der Waals surface area contributed by atoms with Gasteiger partial charge in [0.25, 0.3) is 0 Å². The van der Waals surface area contributed by atoms with Gasteiger partial charge in [-0.3, -0.25) is 9.48 Å². The molecule has 0 aliphatic heterocycles. The van der Waals surface area contributed by atoms with E-state index in [2.05, 4.69) is 10.1 Å². The Hall–Kier alpha value is -1.89. The van der Waals surface area contributed by atoms with Crippen LogP contribution >= 0.6 is 11.3 Å². The first-order valence-corrected chi connectivity index (χ1v) is 7.31. The van der Waals surface area contributed by atoms with Crippen LogP contribution in [0, 0.1) is 6.92 Å². The monoisotopic (exact) mass is 293 g/mol. The predicted molar refractivity (Wildman–Crippen MR) is 79.4 cm³/mol. The molecular formula is C13H19N5OS. The number of hydrogen-bond acceptors (Lipinski definition) is 5. The average Bonchev–Trinajstić information content (AvgIpc) is 3.00. The number of thiazole rings is 1. The van der Waals surface area contributed by atoms with Gasteiger partial charge in [-0.2, -0.15) is 5.10 Å². The topological polar surface area (TPSA) is 77.0 Å². The Kier molecular flexibility index (Phi) is 4.73. The number of anilines is 1. The minimum atomic E-state index is 0.0946. The second kappa shape index (κ2) is 6.51. The SMILES string of the molecule is Cc1nc(N)sc1CC(=O)N(C)CCCn1cccn1. The van der Waals surface area contributed by atoms with Crippen molar-refractivity contribution in [2.45, 2.75) is 26.3 Å². The van der Waals surface area contributed by atoms with E-state index in [4.69, 9.17) is 5.73 Å². The van der Waals surface area contributed by atoms with Gasteiger partial charge < -0.3 is 10.6 Å². The van der Waals surface area contributed by atoms with E-state index in [9.17, 15) is 4.79 Å². The molecule has 0 fully saturated rings. The molecular weight excluding hydrogens is 274 g/mol. The highest BCUT2D eigenvalue weighted by Gasteiger charge is 2.14. The number of rotatable bonds is 6. The fourth-order valence-electron chi connectivity index (χ4n) is 1.91. The summed E-state index contributed by atoms with van der Waals surface area (Å²) in [4.78, 5) is 18.9. The molecule has 0 unspecified atom stereocenters. The maximum absolute atomic E-state index is 12.1. The van der Waals surface area contributed by atoms with E-state index in [1.807, 2.05) is 30.9 Å². The molecule has 0 aliphatic carbocycles. The van der Waals surface area contributed by atoms with E-state index < -0.39 is 0 Å². The lowest BCUT2D eigenvalue weighted by Crippen LogP contribution is -2.29. The van der Waals surface area contributed by atoms with Crippen molar-refractivity contribution in [1.82, 2.24) is 19.7 Å². The van der Waals surface area contributed by atoms with E-state index in [1.165, 1.54) is 11.3 Å². The van der Waals surface area contributed by atoms with E-state index >= 15 is 0 Å². The van der Waals surface area contributed by atoms with Crippen molar-refractivity contribution in [1.29, 1.82) is 0 Å². The molecule has 0 saturated carbocycles. The van der Waals surface area contributed by atoms with Crippen LogP contribution in [0.1, 0.15) is 17.0 Å². The van der Waals surface area contributed by atoms with Crippen LogP contribution in [-0.4, -0.2) is 39.2 Å². The van der Waals surface area contributed by atoms with Crippen LogP contribution in [0.25, 0.3) is 0 Å². The molecule has 7 heteroatoms. The van der Waals surface area contributed by atoms with Crippen molar-refractivity contribution in [3.63, 3.8) is 0 Å². The summed E-state index contributed by atoms with van der Waals surface area (Å²) in [5.74, 6) is 0.0946. The number of carbonyl (C=O) groups is 1. The number of likely N-dealkylation sites (N-methyl/N-ethyl adjacent to an activating group) is 1. The van der Waals surface area contributed by atoms with Gasteiger partial charge in [0.2, 0.25) is 5.91 Å². The number of aromatic nitrogens is 3. The van der Waals surface area contributed by atoms with Gasteiger partial charge in [-0.1, -0.05) is 0 Å². The number of hydrogen-bond donors (Lipinski definition) is 1. The molecule has 0 bridgehead atoms. The number of carbonyl (C=O) groups excluding carboxylic acids is 1. The Morgan fingerprint density at radius 3 is 2.95 bits per heavy atom. The first-order chi connectivity index (χ1) is 9.56. The molecule has 20 heavy (non-hydrogen) atoms. The second-order valence-electron chi connectivity index (χ2n) is 4.68. The molecule has 6 nitrogen and oxygen atoms in total. The lowest BCUT2D eigenvalue weighted by atomic mass is 10.2. The number of nitrogens with two attached hydrogens (primary N) is 1. The number of nitrogens with zero attached hydrogens (tertiary/aromatic N) is 4.